The Morgan fingerprint density at radius 3 is 2.15 bits per heavy atom. The molecule has 3 rings (SSSR count). The van der Waals surface area contributed by atoms with Gasteiger partial charge in [0, 0.05) is 46.3 Å². The first kappa shape index (κ1) is 19.3. The molecule has 3 heterocycles. The molecule has 0 bridgehead atoms. The number of amides is 1. The highest BCUT2D eigenvalue weighted by atomic mass is 32.2. The van der Waals surface area contributed by atoms with Crippen LogP contribution in [0.4, 0.5) is 5.69 Å². The van der Waals surface area contributed by atoms with Crippen molar-refractivity contribution in [2.45, 2.75) is 26.7 Å². The number of hydrogen-bond donors (Lipinski definition) is 1. The number of nitrogens with zero attached hydrogens (tertiary/aromatic N) is 5. The summed E-state index contributed by atoms with van der Waals surface area (Å²) in [5.74, 6) is -0.0972. The van der Waals surface area contributed by atoms with E-state index in [0.717, 1.165) is 29.9 Å². The SMILES string of the molecule is Cc1nn(C)c(C)c1NC(=O)CN1CCN(S(=O)(=O)N2CCCC2)CC1. The van der Waals surface area contributed by atoms with E-state index in [2.05, 4.69) is 10.4 Å². The minimum Gasteiger partial charge on any atom is -0.322 e. The predicted octanol–water partition coefficient (Wildman–Crippen LogP) is -0.0664. The number of carbonyl (C=O) groups excluding carboxylic acids is 1. The Morgan fingerprint density at radius 2 is 1.62 bits per heavy atom. The number of rotatable bonds is 5. The molecule has 10 heteroatoms. The van der Waals surface area contributed by atoms with Crippen molar-refractivity contribution in [2.24, 2.45) is 7.05 Å². The molecule has 2 aliphatic heterocycles. The van der Waals surface area contributed by atoms with Crippen LogP contribution in [0.15, 0.2) is 0 Å². The number of anilines is 1. The van der Waals surface area contributed by atoms with Crippen LogP contribution in [0, 0.1) is 13.8 Å². The number of piperazine rings is 1. The van der Waals surface area contributed by atoms with Crippen molar-refractivity contribution in [3.8, 4) is 0 Å². The van der Waals surface area contributed by atoms with Crippen LogP contribution in [-0.4, -0.2) is 83.4 Å². The van der Waals surface area contributed by atoms with Crippen LogP contribution < -0.4 is 5.32 Å². The maximum Gasteiger partial charge on any atom is 0.282 e. The van der Waals surface area contributed by atoms with Crippen molar-refractivity contribution >= 4 is 21.8 Å². The van der Waals surface area contributed by atoms with E-state index in [1.54, 1.807) is 13.3 Å². The first-order chi connectivity index (χ1) is 12.3. The quantitative estimate of drug-likeness (QED) is 0.768. The molecular formula is C16H28N6O3S. The molecule has 9 nitrogen and oxygen atoms in total. The number of nitrogens with one attached hydrogen (secondary N) is 1. The fraction of sp³-hybridized carbons (Fsp3) is 0.750. The van der Waals surface area contributed by atoms with Gasteiger partial charge in [-0.05, 0) is 26.7 Å². The van der Waals surface area contributed by atoms with Crippen molar-refractivity contribution in [1.82, 2.24) is 23.3 Å². The van der Waals surface area contributed by atoms with Gasteiger partial charge in [-0.3, -0.25) is 14.4 Å². The Balaban J connectivity index is 1.51. The molecule has 2 fully saturated rings. The Bertz CT molecular complexity index is 761. The molecule has 1 aromatic rings. The van der Waals surface area contributed by atoms with Crippen LogP contribution in [-0.2, 0) is 22.1 Å². The summed E-state index contributed by atoms with van der Waals surface area (Å²) in [6.45, 7) is 7.25. The van der Waals surface area contributed by atoms with Gasteiger partial charge in [-0.15, -0.1) is 0 Å². The molecule has 2 aliphatic rings. The number of carbonyl (C=O) groups is 1. The van der Waals surface area contributed by atoms with Crippen LogP contribution in [0.25, 0.3) is 0 Å². The zero-order valence-electron chi connectivity index (χ0n) is 15.7. The molecule has 0 aromatic carbocycles. The maximum absolute atomic E-state index is 12.6. The molecule has 2 saturated heterocycles. The van der Waals surface area contributed by atoms with Gasteiger partial charge < -0.3 is 5.32 Å². The van der Waals surface area contributed by atoms with E-state index in [1.165, 1.54) is 0 Å². The summed E-state index contributed by atoms with van der Waals surface area (Å²) in [6, 6.07) is 0. The molecule has 1 aromatic heterocycles. The fourth-order valence-electron chi connectivity index (χ4n) is 3.54. The average Bonchev–Trinajstić information content (AvgIpc) is 3.21. The van der Waals surface area contributed by atoms with Gasteiger partial charge in [0.15, 0.2) is 0 Å². The lowest BCUT2D eigenvalue weighted by atomic mass is 10.3. The lowest BCUT2D eigenvalue weighted by Gasteiger charge is -2.35. The highest BCUT2D eigenvalue weighted by Crippen LogP contribution is 2.19. The first-order valence-electron chi connectivity index (χ1n) is 9.06. The minimum atomic E-state index is -3.34. The summed E-state index contributed by atoms with van der Waals surface area (Å²) in [5, 5.41) is 7.22. The van der Waals surface area contributed by atoms with Crippen molar-refractivity contribution in [1.29, 1.82) is 0 Å². The van der Waals surface area contributed by atoms with Crippen molar-refractivity contribution < 1.29 is 13.2 Å². The summed E-state index contributed by atoms with van der Waals surface area (Å²) in [7, 11) is -1.50. The van der Waals surface area contributed by atoms with Gasteiger partial charge in [0.25, 0.3) is 10.2 Å². The second-order valence-electron chi connectivity index (χ2n) is 7.01. The Kier molecular flexibility index (Phi) is 5.66. The van der Waals surface area contributed by atoms with E-state index in [1.807, 2.05) is 25.8 Å². The zero-order valence-corrected chi connectivity index (χ0v) is 16.5. The highest BCUT2D eigenvalue weighted by molar-refractivity contribution is 7.86. The van der Waals surface area contributed by atoms with Gasteiger partial charge in [0.05, 0.1) is 23.6 Å². The van der Waals surface area contributed by atoms with Crippen LogP contribution >= 0.6 is 0 Å². The van der Waals surface area contributed by atoms with Gasteiger partial charge in [0.2, 0.25) is 5.91 Å². The number of aryl methyl sites for hydroxylation is 2. The van der Waals surface area contributed by atoms with Crippen molar-refractivity contribution in [3.63, 3.8) is 0 Å². The molecule has 0 spiro atoms. The predicted molar refractivity (Wildman–Crippen MR) is 99.1 cm³/mol. The molecule has 146 valence electrons. The lowest BCUT2D eigenvalue weighted by Crippen LogP contribution is -2.53. The van der Waals surface area contributed by atoms with E-state index >= 15 is 0 Å². The van der Waals surface area contributed by atoms with Gasteiger partial charge in [0.1, 0.15) is 0 Å². The summed E-state index contributed by atoms with van der Waals surface area (Å²) in [4.78, 5) is 14.3. The molecule has 1 N–H and O–H groups in total. The van der Waals surface area contributed by atoms with Gasteiger partial charge in [-0.1, -0.05) is 0 Å². The second kappa shape index (κ2) is 7.63. The van der Waals surface area contributed by atoms with Gasteiger partial charge in [-0.25, -0.2) is 0 Å². The largest absolute Gasteiger partial charge is 0.322 e. The molecule has 0 aliphatic carbocycles. The molecule has 0 radical (unpaired) electrons. The minimum absolute atomic E-state index is 0.0972. The van der Waals surface area contributed by atoms with E-state index in [4.69, 9.17) is 0 Å². The molecule has 0 unspecified atom stereocenters. The van der Waals surface area contributed by atoms with Crippen LogP contribution in [0.3, 0.4) is 0 Å². The average molecular weight is 385 g/mol. The number of hydrogen-bond acceptors (Lipinski definition) is 5. The monoisotopic (exact) mass is 384 g/mol. The van der Waals surface area contributed by atoms with E-state index in [0.29, 0.717) is 39.3 Å². The van der Waals surface area contributed by atoms with Gasteiger partial charge in [-0.2, -0.15) is 22.1 Å². The van der Waals surface area contributed by atoms with Crippen molar-refractivity contribution in [3.05, 3.63) is 11.4 Å². The second-order valence-corrected chi connectivity index (χ2v) is 8.94. The Morgan fingerprint density at radius 1 is 1.04 bits per heavy atom. The molecule has 1 amide bonds. The molecule has 0 saturated carbocycles. The number of aromatic nitrogens is 2. The zero-order chi connectivity index (χ0) is 18.9. The fourth-order valence-corrected chi connectivity index (χ4v) is 5.21. The van der Waals surface area contributed by atoms with Crippen LogP contribution in [0.5, 0.6) is 0 Å². The molecular weight excluding hydrogens is 356 g/mol. The third-order valence-electron chi connectivity index (χ3n) is 5.19. The maximum atomic E-state index is 12.6. The third-order valence-corrected chi connectivity index (χ3v) is 7.22. The van der Waals surface area contributed by atoms with Crippen LogP contribution in [0.1, 0.15) is 24.2 Å². The lowest BCUT2D eigenvalue weighted by molar-refractivity contribution is -0.117. The molecule has 26 heavy (non-hydrogen) atoms. The Hall–Kier alpha value is -1.49. The summed E-state index contributed by atoms with van der Waals surface area (Å²) < 4.78 is 30.0. The third kappa shape index (κ3) is 3.93. The summed E-state index contributed by atoms with van der Waals surface area (Å²) >= 11 is 0. The summed E-state index contributed by atoms with van der Waals surface area (Å²) in [5.41, 5.74) is 2.46. The van der Waals surface area contributed by atoms with E-state index in [-0.39, 0.29) is 12.5 Å². The van der Waals surface area contributed by atoms with E-state index in [9.17, 15) is 13.2 Å². The summed E-state index contributed by atoms with van der Waals surface area (Å²) in [6.07, 6.45) is 1.87. The van der Waals surface area contributed by atoms with Crippen molar-refractivity contribution in [2.75, 3.05) is 51.1 Å². The highest BCUT2D eigenvalue weighted by Gasteiger charge is 2.34. The standard InChI is InChI=1S/C16H28N6O3S/c1-13-16(14(2)19(3)18-13)17-15(23)12-20-8-10-22(11-9-20)26(24,25)21-6-4-5-7-21/h4-12H2,1-3H3,(H,17,23). The smallest absolute Gasteiger partial charge is 0.282 e. The molecule has 0 atom stereocenters. The topological polar surface area (TPSA) is 90.8 Å². The Labute approximate surface area is 155 Å². The normalized spacial score (nSPS) is 20.6. The first-order valence-corrected chi connectivity index (χ1v) is 10.5. The van der Waals surface area contributed by atoms with Gasteiger partial charge >= 0.3 is 0 Å². The van der Waals surface area contributed by atoms with E-state index < -0.39 is 10.2 Å². The van der Waals surface area contributed by atoms with Crippen LogP contribution in [0.2, 0.25) is 0 Å².